The van der Waals surface area contributed by atoms with Gasteiger partial charge in [-0.05, 0) is 37.1 Å². The summed E-state index contributed by atoms with van der Waals surface area (Å²) < 4.78 is 28.0. The first-order chi connectivity index (χ1) is 25.0. The molecule has 0 unspecified atom stereocenters. The van der Waals surface area contributed by atoms with Crippen molar-refractivity contribution in [3.8, 4) is 11.5 Å². The van der Waals surface area contributed by atoms with Crippen LogP contribution in [0, 0.1) is 0 Å². The molecule has 2 aromatic rings. The molecule has 0 heterocycles. The summed E-state index contributed by atoms with van der Waals surface area (Å²) in [6, 6.07) is 10.5. The van der Waals surface area contributed by atoms with Gasteiger partial charge in [0.25, 0.3) is 0 Å². The summed E-state index contributed by atoms with van der Waals surface area (Å²) in [4.78, 5) is 60.5. The van der Waals surface area contributed by atoms with Gasteiger partial charge in [0.1, 0.15) is 57.5 Å². The van der Waals surface area contributed by atoms with Crippen LogP contribution in [-0.4, -0.2) is 135 Å². The monoisotopic (exact) mass is 755 g/mol. The van der Waals surface area contributed by atoms with Gasteiger partial charge < -0.3 is 59.2 Å². The molecule has 52 heavy (non-hydrogen) atoms. The Hall–Kier alpha value is -4.84. The van der Waals surface area contributed by atoms with Gasteiger partial charge in [-0.2, -0.15) is 0 Å². The van der Waals surface area contributed by atoms with E-state index in [0.29, 0.717) is 25.7 Å². The van der Waals surface area contributed by atoms with Crippen molar-refractivity contribution in [1.82, 2.24) is 0 Å². The lowest BCUT2D eigenvalue weighted by atomic mass is 10.2. The number of halogens is 1. The van der Waals surface area contributed by atoms with Crippen molar-refractivity contribution < 1.29 is 68.1 Å². The number of carbonyl (C=O) groups is 5. The third-order valence-corrected chi connectivity index (χ3v) is 7.11. The molecule has 0 bridgehead atoms. The van der Waals surface area contributed by atoms with Gasteiger partial charge in [0.05, 0.1) is 37.8 Å². The Morgan fingerprint density at radius 2 is 1.08 bits per heavy atom. The van der Waals surface area contributed by atoms with Crippen LogP contribution in [0.3, 0.4) is 0 Å². The maximum absolute atomic E-state index is 12.6. The molecule has 288 valence electrons. The Morgan fingerprint density at radius 3 is 1.65 bits per heavy atom. The summed E-state index contributed by atoms with van der Waals surface area (Å²) in [6.07, 6.45) is 4.11. The van der Waals surface area contributed by atoms with Crippen LogP contribution in [0.5, 0.6) is 11.5 Å². The molecule has 18 heteroatoms. The van der Waals surface area contributed by atoms with Crippen LogP contribution >= 0.6 is 11.6 Å². The van der Waals surface area contributed by atoms with Crippen molar-refractivity contribution in [3.63, 3.8) is 0 Å². The molecule has 0 saturated carbocycles. The highest BCUT2D eigenvalue weighted by Gasteiger charge is 2.21. The Kier molecular flexibility index (Phi) is 21.0. The molecular formula is C34H46ClN3O14. The summed E-state index contributed by atoms with van der Waals surface area (Å²) >= 11 is 5.65. The molecular weight excluding hydrogens is 710 g/mol. The topological polar surface area (TPSA) is 231 Å². The molecule has 0 spiro atoms. The van der Waals surface area contributed by atoms with Gasteiger partial charge in [-0.3, -0.25) is 24.0 Å². The normalized spacial score (nSPS) is 10.7. The average molecular weight is 756 g/mol. The highest BCUT2D eigenvalue weighted by molar-refractivity contribution is 6.17. The number of carbonyl (C=O) groups excluding carboxylic acids is 1. The predicted octanol–water partition coefficient (Wildman–Crippen LogP) is 2.88. The van der Waals surface area contributed by atoms with Crippen LogP contribution in [0.4, 0.5) is 17.1 Å². The van der Waals surface area contributed by atoms with E-state index in [1.165, 1.54) is 30.3 Å². The molecule has 0 saturated heterocycles. The number of benzene rings is 2. The highest BCUT2D eigenvalue weighted by Crippen LogP contribution is 2.32. The maximum Gasteiger partial charge on any atom is 0.323 e. The van der Waals surface area contributed by atoms with E-state index in [-0.39, 0.29) is 61.6 Å². The number of alkyl halides is 1. The SMILES string of the molecule is O=C(O)CN(CC(=O)O)c1ccccc1OCCOc1cc(NC(=O)COCCOCCOCCCCCCCl)ccc1N(CC(=O)O)CC(=O)O. The Morgan fingerprint density at radius 1 is 0.577 bits per heavy atom. The van der Waals surface area contributed by atoms with E-state index >= 15 is 0 Å². The van der Waals surface area contributed by atoms with Crippen molar-refractivity contribution in [1.29, 1.82) is 0 Å². The Bertz CT molecular complexity index is 1400. The molecule has 0 aliphatic carbocycles. The Balaban J connectivity index is 1.99. The van der Waals surface area contributed by atoms with Crippen LogP contribution in [-0.2, 0) is 38.2 Å². The van der Waals surface area contributed by atoms with Gasteiger partial charge in [-0.15, -0.1) is 11.6 Å². The molecule has 5 N–H and O–H groups in total. The fourth-order valence-corrected chi connectivity index (χ4v) is 4.86. The van der Waals surface area contributed by atoms with Crippen LogP contribution in [0.25, 0.3) is 0 Å². The number of nitrogens with one attached hydrogen (secondary N) is 1. The van der Waals surface area contributed by atoms with E-state index in [2.05, 4.69) is 5.32 Å². The van der Waals surface area contributed by atoms with Crippen molar-refractivity contribution in [2.24, 2.45) is 0 Å². The number of hydrogen-bond donors (Lipinski definition) is 5. The van der Waals surface area contributed by atoms with E-state index in [4.69, 9.17) is 35.3 Å². The minimum atomic E-state index is -1.29. The molecule has 17 nitrogen and oxygen atoms in total. The zero-order valence-electron chi connectivity index (χ0n) is 28.7. The van der Waals surface area contributed by atoms with E-state index in [1.807, 2.05) is 0 Å². The quantitative estimate of drug-likeness (QED) is 0.0570. The number of anilines is 3. The van der Waals surface area contributed by atoms with Crippen LogP contribution in [0.2, 0.25) is 0 Å². The fraction of sp³-hybridized carbons (Fsp3) is 0.500. The third-order valence-electron chi connectivity index (χ3n) is 6.84. The summed E-state index contributed by atoms with van der Waals surface area (Å²) in [5.41, 5.74) is 0.578. The van der Waals surface area contributed by atoms with Gasteiger partial charge in [-0.1, -0.05) is 25.0 Å². The summed E-state index contributed by atoms with van der Waals surface area (Å²) in [5.74, 6) is -4.70. The van der Waals surface area contributed by atoms with Crippen LogP contribution < -0.4 is 24.6 Å². The second kappa shape index (κ2) is 25.2. The number of unbranched alkanes of at least 4 members (excludes halogenated alkanes) is 3. The second-order valence-corrected chi connectivity index (χ2v) is 11.4. The molecule has 0 aliphatic rings. The third kappa shape index (κ3) is 18.4. The number of para-hydroxylation sites is 2. The van der Waals surface area contributed by atoms with Crippen LogP contribution in [0.15, 0.2) is 42.5 Å². The maximum atomic E-state index is 12.6. The molecule has 2 rings (SSSR count). The first-order valence-electron chi connectivity index (χ1n) is 16.4. The van der Waals surface area contributed by atoms with Crippen molar-refractivity contribution >= 4 is 58.4 Å². The van der Waals surface area contributed by atoms with Crippen molar-refractivity contribution in [3.05, 3.63) is 42.5 Å². The van der Waals surface area contributed by atoms with E-state index in [1.54, 1.807) is 12.1 Å². The lowest BCUT2D eigenvalue weighted by Crippen LogP contribution is -2.35. The Labute approximate surface area is 305 Å². The largest absolute Gasteiger partial charge is 0.488 e. The molecule has 0 aromatic heterocycles. The van der Waals surface area contributed by atoms with E-state index in [0.717, 1.165) is 35.5 Å². The smallest absolute Gasteiger partial charge is 0.323 e. The zero-order valence-corrected chi connectivity index (χ0v) is 29.5. The first-order valence-corrected chi connectivity index (χ1v) is 17.0. The van der Waals surface area contributed by atoms with E-state index < -0.39 is 56.0 Å². The second-order valence-electron chi connectivity index (χ2n) is 11.1. The highest BCUT2D eigenvalue weighted by atomic mass is 35.5. The average Bonchev–Trinajstić information content (AvgIpc) is 3.07. The number of carboxylic acid groups (broad SMARTS) is 4. The van der Waals surface area contributed by atoms with E-state index in [9.17, 15) is 44.4 Å². The minimum Gasteiger partial charge on any atom is -0.488 e. The predicted molar refractivity (Wildman–Crippen MR) is 189 cm³/mol. The number of nitrogens with zero attached hydrogens (tertiary/aromatic N) is 2. The molecule has 0 atom stereocenters. The standard InChI is InChI=1S/C34H46ClN3O14/c35-11-5-1-2-6-12-48-13-14-49-15-16-50-24-30(39)36-25-9-10-27(38(22-33(44)45)23-34(46)47)29(19-25)52-18-17-51-28-8-4-3-7-26(28)37(20-31(40)41)21-32(42)43/h3-4,7-10,19H,1-2,5-6,11-18,20-24H2,(H,36,39)(H,40,41)(H,42,43)(H,44,45)(H,46,47). The number of amides is 1. The fourth-order valence-electron chi connectivity index (χ4n) is 4.67. The molecule has 2 aromatic carbocycles. The van der Waals surface area contributed by atoms with Crippen molar-refractivity contribution in [2.45, 2.75) is 25.7 Å². The number of aliphatic carboxylic acids is 4. The van der Waals surface area contributed by atoms with Gasteiger partial charge in [0.2, 0.25) is 5.91 Å². The molecule has 0 aliphatic heterocycles. The molecule has 0 radical (unpaired) electrons. The minimum absolute atomic E-state index is 0.0300. The van der Waals surface area contributed by atoms with Gasteiger partial charge in [-0.25, -0.2) is 0 Å². The number of carboxylic acids is 4. The lowest BCUT2D eigenvalue weighted by Gasteiger charge is -2.25. The lowest BCUT2D eigenvalue weighted by molar-refractivity contribution is -0.138. The number of ether oxygens (including phenoxy) is 5. The first kappa shape index (κ1) is 43.3. The van der Waals surface area contributed by atoms with Crippen molar-refractivity contribution in [2.75, 3.05) is 100 Å². The number of rotatable bonds is 30. The number of hydrogen-bond acceptors (Lipinski definition) is 12. The van der Waals surface area contributed by atoms with Gasteiger partial charge in [0, 0.05) is 24.2 Å². The van der Waals surface area contributed by atoms with Gasteiger partial charge >= 0.3 is 23.9 Å². The van der Waals surface area contributed by atoms with Gasteiger partial charge in [0.15, 0.2) is 0 Å². The molecule has 0 fully saturated rings. The molecule has 1 amide bonds. The summed E-state index contributed by atoms with van der Waals surface area (Å²) in [7, 11) is 0. The summed E-state index contributed by atoms with van der Waals surface area (Å²) in [5, 5.41) is 40.0. The summed E-state index contributed by atoms with van der Waals surface area (Å²) in [6.45, 7) is -1.24. The zero-order chi connectivity index (χ0) is 38.1. The van der Waals surface area contributed by atoms with Crippen LogP contribution in [0.1, 0.15) is 25.7 Å².